The summed E-state index contributed by atoms with van der Waals surface area (Å²) in [6, 6.07) is 6.31. The lowest BCUT2D eigenvalue weighted by Gasteiger charge is -2.03. The minimum atomic E-state index is -0.224. The predicted molar refractivity (Wildman–Crippen MR) is 66.8 cm³/mol. The highest BCUT2D eigenvalue weighted by molar-refractivity contribution is 7.15. The first-order valence-corrected chi connectivity index (χ1v) is 6.10. The minimum absolute atomic E-state index is 0.224. The Labute approximate surface area is 102 Å². The van der Waals surface area contributed by atoms with E-state index >= 15 is 0 Å². The number of anilines is 1. The molecule has 0 fully saturated rings. The summed E-state index contributed by atoms with van der Waals surface area (Å²) in [6.07, 6.45) is 3.97. The van der Waals surface area contributed by atoms with Crippen LogP contribution in [0.5, 0.6) is 0 Å². The Bertz CT molecular complexity index is 598. The van der Waals surface area contributed by atoms with Crippen molar-refractivity contribution in [2.75, 3.05) is 5.32 Å². The third-order valence-electron chi connectivity index (χ3n) is 2.46. The number of nitrogens with zero attached hydrogens (tertiary/aromatic N) is 2. The smallest absolute Gasteiger partial charge is 0.193 e. The van der Waals surface area contributed by atoms with Crippen LogP contribution in [0.15, 0.2) is 42.0 Å². The summed E-state index contributed by atoms with van der Waals surface area (Å²) < 4.78 is 14.7. The SMILES string of the molecule is Fc1ccc(NCc2cn3ccsc3n2)cc1. The highest BCUT2D eigenvalue weighted by Crippen LogP contribution is 2.13. The molecule has 1 aromatic carbocycles. The Hall–Kier alpha value is -1.88. The lowest BCUT2D eigenvalue weighted by molar-refractivity contribution is 0.628. The Morgan fingerprint density at radius 2 is 2.12 bits per heavy atom. The molecule has 3 nitrogen and oxygen atoms in total. The average molecular weight is 247 g/mol. The lowest BCUT2D eigenvalue weighted by atomic mass is 10.3. The number of hydrogen-bond acceptors (Lipinski definition) is 3. The second-order valence-corrected chi connectivity index (χ2v) is 4.56. The van der Waals surface area contributed by atoms with Crippen LogP contribution in [0.4, 0.5) is 10.1 Å². The Morgan fingerprint density at radius 1 is 1.29 bits per heavy atom. The standard InChI is InChI=1S/C12H10FN3S/c13-9-1-3-10(4-2-9)14-7-11-8-16-5-6-17-12(16)15-11/h1-6,8,14H,7H2. The van der Waals surface area contributed by atoms with E-state index in [1.54, 1.807) is 23.5 Å². The fourth-order valence-electron chi connectivity index (χ4n) is 1.62. The van der Waals surface area contributed by atoms with Gasteiger partial charge in [-0.1, -0.05) is 0 Å². The van der Waals surface area contributed by atoms with Gasteiger partial charge >= 0.3 is 0 Å². The quantitative estimate of drug-likeness (QED) is 0.770. The van der Waals surface area contributed by atoms with Gasteiger partial charge in [0.25, 0.3) is 0 Å². The van der Waals surface area contributed by atoms with Crippen LogP contribution >= 0.6 is 11.3 Å². The van der Waals surface area contributed by atoms with Gasteiger partial charge in [0.15, 0.2) is 4.96 Å². The Morgan fingerprint density at radius 3 is 2.88 bits per heavy atom. The van der Waals surface area contributed by atoms with Crippen molar-refractivity contribution in [3.63, 3.8) is 0 Å². The second kappa shape index (κ2) is 4.18. The number of imidazole rings is 1. The van der Waals surface area contributed by atoms with E-state index in [0.717, 1.165) is 16.3 Å². The summed E-state index contributed by atoms with van der Waals surface area (Å²) in [5.74, 6) is -0.224. The van der Waals surface area contributed by atoms with Crippen molar-refractivity contribution < 1.29 is 4.39 Å². The van der Waals surface area contributed by atoms with Crippen molar-refractivity contribution in [1.82, 2.24) is 9.38 Å². The van der Waals surface area contributed by atoms with Crippen LogP contribution in [-0.2, 0) is 6.54 Å². The Kier molecular flexibility index (Phi) is 2.53. The number of hydrogen-bond donors (Lipinski definition) is 1. The molecule has 3 aromatic rings. The summed E-state index contributed by atoms with van der Waals surface area (Å²) in [4.78, 5) is 5.44. The maximum Gasteiger partial charge on any atom is 0.193 e. The molecule has 0 spiro atoms. The van der Waals surface area contributed by atoms with E-state index in [-0.39, 0.29) is 5.82 Å². The molecular formula is C12H10FN3S. The molecule has 0 aliphatic heterocycles. The summed E-state index contributed by atoms with van der Waals surface area (Å²) in [7, 11) is 0. The average Bonchev–Trinajstić information content (AvgIpc) is 2.88. The fourth-order valence-corrected chi connectivity index (χ4v) is 2.34. The number of aromatic nitrogens is 2. The molecule has 2 aromatic heterocycles. The largest absolute Gasteiger partial charge is 0.379 e. The monoisotopic (exact) mass is 247 g/mol. The van der Waals surface area contributed by atoms with Gasteiger partial charge in [0.1, 0.15) is 5.82 Å². The molecule has 2 heterocycles. The Balaban J connectivity index is 1.71. The van der Waals surface area contributed by atoms with Crippen LogP contribution in [0, 0.1) is 5.82 Å². The van der Waals surface area contributed by atoms with Crippen molar-refractivity contribution in [3.05, 3.63) is 53.6 Å². The molecule has 0 unspecified atom stereocenters. The van der Waals surface area contributed by atoms with Crippen LogP contribution in [0.2, 0.25) is 0 Å². The number of thiazole rings is 1. The van der Waals surface area contributed by atoms with Gasteiger partial charge in [-0.3, -0.25) is 4.40 Å². The molecule has 0 amide bonds. The molecule has 0 bridgehead atoms. The van der Waals surface area contributed by atoms with E-state index in [0.29, 0.717) is 6.54 Å². The highest BCUT2D eigenvalue weighted by atomic mass is 32.1. The van der Waals surface area contributed by atoms with Gasteiger partial charge in [0.2, 0.25) is 0 Å². The normalized spacial score (nSPS) is 10.9. The zero-order valence-corrected chi connectivity index (χ0v) is 9.75. The van der Waals surface area contributed by atoms with Gasteiger partial charge in [-0.15, -0.1) is 11.3 Å². The van der Waals surface area contributed by atoms with Gasteiger partial charge in [-0.05, 0) is 24.3 Å². The van der Waals surface area contributed by atoms with Gasteiger partial charge in [-0.25, -0.2) is 9.37 Å². The van der Waals surface area contributed by atoms with Crippen LogP contribution < -0.4 is 5.32 Å². The van der Waals surface area contributed by atoms with E-state index < -0.39 is 0 Å². The van der Waals surface area contributed by atoms with Gasteiger partial charge < -0.3 is 5.32 Å². The summed E-state index contributed by atoms with van der Waals surface area (Å²) >= 11 is 1.61. The highest BCUT2D eigenvalue weighted by Gasteiger charge is 2.02. The number of rotatable bonds is 3. The van der Waals surface area contributed by atoms with Crippen molar-refractivity contribution in [2.24, 2.45) is 0 Å². The molecule has 3 rings (SSSR count). The zero-order chi connectivity index (χ0) is 11.7. The lowest BCUT2D eigenvalue weighted by Crippen LogP contribution is -1.99. The molecule has 0 saturated heterocycles. The number of halogens is 1. The maximum absolute atomic E-state index is 12.7. The molecule has 86 valence electrons. The molecule has 0 saturated carbocycles. The molecule has 0 radical (unpaired) electrons. The second-order valence-electron chi connectivity index (χ2n) is 3.69. The molecule has 0 aliphatic carbocycles. The van der Waals surface area contributed by atoms with Crippen molar-refractivity contribution in [1.29, 1.82) is 0 Å². The molecule has 5 heteroatoms. The third-order valence-corrected chi connectivity index (χ3v) is 3.23. The van der Waals surface area contributed by atoms with Crippen molar-refractivity contribution >= 4 is 22.0 Å². The van der Waals surface area contributed by atoms with E-state index in [9.17, 15) is 4.39 Å². The van der Waals surface area contributed by atoms with E-state index in [2.05, 4.69) is 10.3 Å². The first kappa shape index (κ1) is 10.3. The van der Waals surface area contributed by atoms with E-state index in [1.165, 1.54) is 12.1 Å². The van der Waals surface area contributed by atoms with Crippen LogP contribution in [0.25, 0.3) is 4.96 Å². The molecule has 1 N–H and O–H groups in total. The van der Waals surface area contributed by atoms with Crippen LogP contribution in [0.1, 0.15) is 5.69 Å². The number of benzene rings is 1. The summed E-state index contributed by atoms with van der Waals surface area (Å²) in [6.45, 7) is 0.639. The first-order valence-electron chi connectivity index (χ1n) is 5.22. The maximum atomic E-state index is 12.7. The minimum Gasteiger partial charge on any atom is -0.379 e. The van der Waals surface area contributed by atoms with Crippen molar-refractivity contribution in [3.8, 4) is 0 Å². The van der Waals surface area contributed by atoms with Gasteiger partial charge in [0.05, 0.1) is 12.2 Å². The summed E-state index contributed by atoms with van der Waals surface area (Å²) in [5.41, 5.74) is 1.86. The van der Waals surface area contributed by atoms with E-state index in [4.69, 9.17) is 0 Å². The molecular weight excluding hydrogens is 237 g/mol. The van der Waals surface area contributed by atoms with Crippen molar-refractivity contribution in [2.45, 2.75) is 6.54 Å². The molecule has 17 heavy (non-hydrogen) atoms. The van der Waals surface area contributed by atoms with Gasteiger partial charge in [0, 0.05) is 23.5 Å². The third kappa shape index (κ3) is 2.14. The topological polar surface area (TPSA) is 29.3 Å². The summed E-state index contributed by atoms with van der Waals surface area (Å²) in [5, 5.41) is 5.20. The van der Waals surface area contributed by atoms with Gasteiger partial charge in [-0.2, -0.15) is 0 Å². The molecule has 0 atom stereocenters. The van der Waals surface area contributed by atoms with Crippen LogP contribution in [-0.4, -0.2) is 9.38 Å². The van der Waals surface area contributed by atoms with Crippen LogP contribution in [0.3, 0.4) is 0 Å². The zero-order valence-electron chi connectivity index (χ0n) is 8.93. The molecule has 0 aliphatic rings. The number of fused-ring (bicyclic) bond motifs is 1. The fraction of sp³-hybridized carbons (Fsp3) is 0.0833. The predicted octanol–water partition coefficient (Wildman–Crippen LogP) is 3.15. The van der Waals surface area contributed by atoms with E-state index in [1.807, 2.05) is 22.2 Å². The number of nitrogens with one attached hydrogen (secondary N) is 1. The first-order chi connectivity index (χ1) is 8.31.